The van der Waals surface area contributed by atoms with Crippen LogP contribution in [0.25, 0.3) is 0 Å². The molecule has 0 saturated carbocycles. The average molecular weight is 401 g/mol. The number of nitrogens with two attached hydrogens (primary N) is 1. The Morgan fingerprint density at radius 1 is 1.24 bits per heavy atom. The zero-order valence-corrected chi connectivity index (χ0v) is 17.7. The Morgan fingerprint density at radius 3 is 2.69 bits per heavy atom. The number of hydrogen-bond donors (Lipinski definition) is 1. The molecule has 1 atom stereocenters. The fourth-order valence-electron chi connectivity index (χ4n) is 4.74. The number of amides is 1. The summed E-state index contributed by atoms with van der Waals surface area (Å²) < 4.78 is 10.9. The molecule has 1 saturated heterocycles. The summed E-state index contributed by atoms with van der Waals surface area (Å²) in [5.41, 5.74) is 6.68. The predicted molar refractivity (Wildman–Crippen MR) is 112 cm³/mol. The Hall–Kier alpha value is -2.28. The van der Waals surface area contributed by atoms with Gasteiger partial charge < -0.3 is 15.2 Å². The first kappa shape index (κ1) is 20.0. The molecule has 7 heteroatoms. The first-order valence-corrected chi connectivity index (χ1v) is 10.6. The van der Waals surface area contributed by atoms with Crippen LogP contribution in [0.3, 0.4) is 0 Å². The minimum atomic E-state index is -0.696. The van der Waals surface area contributed by atoms with Crippen molar-refractivity contribution in [2.45, 2.75) is 52.1 Å². The molecule has 0 spiro atoms. The monoisotopic (exact) mass is 400 g/mol. The smallest absolute Gasteiger partial charge is 0.257 e. The number of likely N-dealkylation sites (tertiary alicyclic amines) is 1. The minimum Gasteiger partial charge on any atom is -0.454 e. The lowest BCUT2D eigenvalue weighted by atomic mass is 9.90. The van der Waals surface area contributed by atoms with Crippen molar-refractivity contribution in [3.63, 3.8) is 0 Å². The molecule has 0 radical (unpaired) electrons. The molecule has 0 bridgehead atoms. The van der Waals surface area contributed by atoms with E-state index in [1.165, 1.54) is 5.56 Å². The van der Waals surface area contributed by atoms with Crippen LogP contribution >= 0.6 is 0 Å². The van der Waals surface area contributed by atoms with Crippen molar-refractivity contribution in [3.05, 3.63) is 23.8 Å². The number of nitrogens with zero attached hydrogens (tertiary/aromatic N) is 3. The number of ether oxygens (including phenoxy) is 2. The number of carbonyl (C=O) groups is 1. The number of guanidine groups is 1. The van der Waals surface area contributed by atoms with Gasteiger partial charge in [-0.2, -0.15) is 0 Å². The highest BCUT2D eigenvalue weighted by Gasteiger charge is 2.44. The zero-order chi connectivity index (χ0) is 20.6. The first-order valence-electron chi connectivity index (χ1n) is 10.6. The van der Waals surface area contributed by atoms with Crippen LogP contribution in [0.4, 0.5) is 0 Å². The van der Waals surface area contributed by atoms with E-state index >= 15 is 0 Å². The minimum absolute atomic E-state index is 0.0616. The number of rotatable bonds is 6. The van der Waals surface area contributed by atoms with Gasteiger partial charge in [0.25, 0.3) is 5.91 Å². The standard InChI is InChI=1S/C22H32N4O3/c1-15(2)11-22(3)20(27)26(21(23)24-22)13-16-6-8-25(9-7-16)12-17-4-5-18-19(10-17)29-14-28-18/h4-5,10,15-16H,6-9,11-14H2,1-3H3,(H2,23,24). The van der Waals surface area contributed by atoms with E-state index in [0.717, 1.165) is 50.4 Å². The lowest BCUT2D eigenvalue weighted by Gasteiger charge is -2.34. The highest BCUT2D eigenvalue weighted by Crippen LogP contribution is 2.33. The van der Waals surface area contributed by atoms with Gasteiger partial charge in [-0.15, -0.1) is 0 Å². The Kier molecular flexibility index (Phi) is 5.42. The molecule has 0 aliphatic carbocycles. The molecule has 0 aromatic heterocycles. The van der Waals surface area contributed by atoms with Crippen molar-refractivity contribution >= 4 is 11.9 Å². The van der Waals surface area contributed by atoms with Crippen molar-refractivity contribution in [3.8, 4) is 11.5 Å². The van der Waals surface area contributed by atoms with Crippen LogP contribution in [0.15, 0.2) is 23.2 Å². The van der Waals surface area contributed by atoms with E-state index in [9.17, 15) is 4.79 Å². The molecule has 1 fully saturated rings. The molecule has 3 aliphatic rings. The summed E-state index contributed by atoms with van der Waals surface area (Å²) in [6.07, 6.45) is 2.85. The number of carbonyl (C=O) groups excluding carboxylic acids is 1. The molecular weight excluding hydrogens is 368 g/mol. The normalized spacial score (nSPS) is 25.2. The van der Waals surface area contributed by atoms with Gasteiger partial charge in [0, 0.05) is 13.1 Å². The van der Waals surface area contributed by atoms with Gasteiger partial charge in [0.2, 0.25) is 6.79 Å². The maximum absolute atomic E-state index is 12.9. The second kappa shape index (κ2) is 7.86. The maximum Gasteiger partial charge on any atom is 0.257 e. The second-order valence-electron chi connectivity index (χ2n) is 9.16. The fraction of sp³-hybridized carbons (Fsp3) is 0.636. The fourth-order valence-corrected chi connectivity index (χ4v) is 4.74. The third kappa shape index (κ3) is 4.20. The molecule has 4 rings (SSSR count). The van der Waals surface area contributed by atoms with Crippen LogP contribution in [-0.4, -0.2) is 53.6 Å². The van der Waals surface area contributed by atoms with E-state index in [2.05, 4.69) is 35.9 Å². The van der Waals surface area contributed by atoms with Crippen LogP contribution < -0.4 is 15.2 Å². The predicted octanol–water partition coefficient (Wildman–Crippen LogP) is 2.59. The quantitative estimate of drug-likeness (QED) is 0.794. The Morgan fingerprint density at radius 2 is 1.97 bits per heavy atom. The van der Waals surface area contributed by atoms with Gasteiger partial charge >= 0.3 is 0 Å². The zero-order valence-electron chi connectivity index (χ0n) is 17.7. The van der Waals surface area contributed by atoms with Gasteiger partial charge in [0.1, 0.15) is 5.54 Å². The maximum atomic E-state index is 12.9. The Labute approximate surface area is 172 Å². The van der Waals surface area contributed by atoms with Crippen LogP contribution in [0, 0.1) is 11.8 Å². The molecule has 1 unspecified atom stereocenters. The van der Waals surface area contributed by atoms with E-state index in [4.69, 9.17) is 15.2 Å². The van der Waals surface area contributed by atoms with Crippen LogP contribution in [-0.2, 0) is 11.3 Å². The molecule has 29 heavy (non-hydrogen) atoms. The Bertz CT molecular complexity index is 801. The molecule has 2 N–H and O–H groups in total. The third-order valence-electron chi connectivity index (χ3n) is 6.14. The highest BCUT2D eigenvalue weighted by atomic mass is 16.7. The van der Waals surface area contributed by atoms with E-state index in [1.807, 2.05) is 13.0 Å². The van der Waals surface area contributed by atoms with Crippen molar-refractivity contribution in [2.24, 2.45) is 22.6 Å². The molecule has 7 nitrogen and oxygen atoms in total. The van der Waals surface area contributed by atoms with Crippen molar-refractivity contribution in [1.82, 2.24) is 9.80 Å². The number of benzene rings is 1. The first-order chi connectivity index (χ1) is 13.8. The summed E-state index contributed by atoms with van der Waals surface area (Å²) >= 11 is 0. The number of piperidine rings is 1. The van der Waals surface area contributed by atoms with Crippen LogP contribution in [0.2, 0.25) is 0 Å². The molecule has 1 amide bonds. The molecule has 1 aromatic carbocycles. The third-order valence-corrected chi connectivity index (χ3v) is 6.14. The largest absolute Gasteiger partial charge is 0.454 e. The van der Waals surface area contributed by atoms with Gasteiger partial charge in [0.15, 0.2) is 17.5 Å². The summed E-state index contributed by atoms with van der Waals surface area (Å²) in [4.78, 5) is 21.7. The van der Waals surface area contributed by atoms with Gasteiger partial charge in [-0.25, -0.2) is 4.99 Å². The summed E-state index contributed by atoms with van der Waals surface area (Å²) in [5, 5.41) is 0. The second-order valence-corrected chi connectivity index (χ2v) is 9.16. The number of fused-ring (bicyclic) bond motifs is 1. The average Bonchev–Trinajstić information content (AvgIpc) is 3.20. The lowest BCUT2D eigenvalue weighted by molar-refractivity contribution is -0.131. The van der Waals surface area contributed by atoms with E-state index in [1.54, 1.807) is 4.90 Å². The van der Waals surface area contributed by atoms with Crippen LogP contribution in [0.5, 0.6) is 11.5 Å². The van der Waals surface area contributed by atoms with Crippen molar-refractivity contribution < 1.29 is 14.3 Å². The SMILES string of the molecule is CC(C)CC1(C)N=C(N)N(CC2CCN(Cc3ccc4c(c3)OCO4)CC2)C1=O. The van der Waals surface area contributed by atoms with Crippen LogP contribution in [0.1, 0.15) is 45.6 Å². The number of hydrogen-bond acceptors (Lipinski definition) is 6. The molecule has 158 valence electrons. The summed E-state index contributed by atoms with van der Waals surface area (Å²) in [7, 11) is 0. The van der Waals surface area contributed by atoms with Gasteiger partial charge in [-0.1, -0.05) is 19.9 Å². The van der Waals surface area contributed by atoms with Gasteiger partial charge in [-0.3, -0.25) is 14.6 Å². The van der Waals surface area contributed by atoms with Crippen molar-refractivity contribution in [2.75, 3.05) is 26.4 Å². The molecule has 3 aliphatic heterocycles. The molecule has 3 heterocycles. The van der Waals surface area contributed by atoms with E-state index in [-0.39, 0.29) is 5.91 Å². The number of aliphatic imine (C=N–C) groups is 1. The van der Waals surface area contributed by atoms with E-state index in [0.29, 0.717) is 31.1 Å². The van der Waals surface area contributed by atoms with Gasteiger partial charge in [0.05, 0.1) is 0 Å². The highest BCUT2D eigenvalue weighted by molar-refractivity contribution is 6.06. The summed E-state index contributed by atoms with van der Waals surface area (Å²) in [5.74, 6) is 2.98. The summed E-state index contributed by atoms with van der Waals surface area (Å²) in [6, 6.07) is 6.17. The molecule has 1 aromatic rings. The Balaban J connectivity index is 1.29. The summed E-state index contributed by atoms with van der Waals surface area (Å²) in [6.45, 7) is 10.1. The molecular formula is C22H32N4O3. The lowest BCUT2D eigenvalue weighted by Crippen LogP contribution is -2.47. The topological polar surface area (TPSA) is 80.4 Å². The van der Waals surface area contributed by atoms with Gasteiger partial charge in [-0.05, 0) is 68.8 Å². The van der Waals surface area contributed by atoms with Crippen molar-refractivity contribution in [1.29, 1.82) is 0 Å². The van der Waals surface area contributed by atoms with E-state index < -0.39 is 5.54 Å².